The number of halogens is 1. The predicted octanol–water partition coefficient (Wildman–Crippen LogP) is 2.01. The van der Waals surface area contributed by atoms with Crippen LogP contribution in [0.4, 0.5) is 0 Å². The van der Waals surface area contributed by atoms with Crippen molar-refractivity contribution in [3.8, 4) is 0 Å². The molecule has 2 aliphatic carbocycles. The fraction of sp³-hybridized carbons (Fsp3) is 0.444. The molecule has 2 nitrogen and oxygen atoms in total. The molecule has 3 heteroatoms. The predicted molar refractivity (Wildman–Crippen MR) is 48.7 cm³/mol. The summed E-state index contributed by atoms with van der Waals surface area (Å²) in [4.78, 5) is 11.3. The number of hydrogen-bond donors (Lipinski definition) is 0. The summed E-state index contributed by atoms with van der Waals surface area (Å²) in [6, 6.07) is 0. The monoisotopic (exact) mass is 228 g/mol. The molecule has 2 rings (SSSR count). The molecule has 2 bridgehead atoms. The maximum atomic E-state index is 11.3. The lowest BCUT2D eigenvalue weighted by Gasteiger charge is -2.08. The number of esters is 1. The van der Waals surface area contributed by atoms with E-state index < -0.39 is 0 Å². The van der Waals surface area contributed by atoms with Crippen molar-refractivity contribution in [3.05, 3.63) is 22.2 Å². The van der Waals surface area contributed by atoms with Gasteiger partial charge in [-0.2, -0.15) is 0 Å². The van der Waals surface area contributed by atoms with Crippen LogP contribution >= 0.6 is 15.9 Å². The first-order valence-electron chi connectivity index (χ1n) is 3.90. The van der Waals surface area contributed by atoms with Crippen LogP contribution in [-0.2, 0) is 9.53 Å². The number of hydrogen-bond acceptors (Lipinski definition) is 2. The minimum absolute atomic E-state index is 0.196. The quantitative estimate of drug-likeness (QED) is 0.507. The maximum absolute atomic E-state index is 11.3. The number of allylic oxidation sites excluding steroid dienone is 3. The Hall–Kier alpha value is -0.570. The Morgan fingerprint density at radius 1 is 1.58 bits per heavy atom. The van der Waals surface area contributed by atoms with E-state index in [1.165, 1.54) is 7.11 Å². The van der Waals surface area contributed by atoms with Crippen molar-refractivity contribution in [3.63, 3.8) is 0 Å². The molecule has 2 aliphatic rings. The Morgan fingerprint density at radius 2 is 2.25 bits per heavy atom. The summed E-state index contributed by atoms with van der Waals surface area (Å²) in [7, 11) is 1.42. The zero-order chi connectivity index (χ0) is 8.72. The molecule has 2 atom stereocenters. The minimum Gasteiger partial charge on any atom is -0.466 e. The van der Waals surface area contributed by atoms with Gasteiger partial charge in [-0.05, 0) is 6.42 Å². The molecule has 0 amide bonds. The average Bonchev–Trinajstić information content (AvgIpc) is 2.63. The van der Waals surface area contributed by atoms with Crippen molar-refractivity contribution >= 4 is 21.9 Å². The zero-order valence-corrected chi connectivity index (χ0v) is 8.30. The summed E-state index contributed by atoms with van der Waals surface area (Å²) in [5.41, 5.74) is 0.810. The fourth-order valence-corrected chi connectivity index (χ4v) is 2.63. The first-order valence-corrected chi connectivity index (χ1v) is 4.69. The fourth-order valence-electron chi connectivity index (χ4n) is 1.84. The first kappa shape index (κ1) is 8.05. The lowest BCUT2D eigenvalue weighted by Crippen LogP contribution is -2.10. The molecule has 0 saturated heterocycles. The van der Waals surface area contributed by atoms with Gasteiger partial charge in [0.15, 0.2) is 0 Å². The standard InChI is InChI=1S/C9H9BrO2/c1-12-9(11)7-5-2-3-6(4-5)8(7)10/h2-3,5-6H,4H2,1H3. The molecule has 0 radical (unpaired) electrons. The van der Waals surface area contributed by atoms with Crippen LogP contribution in [0, 0.1) is 11.8 Å². The van der Waals surface area contributed by atoms with Gasteiger partial charge in [0.1, 0.15) is 0 Å². The van der Waals surface area contributed by atoms with E-state index >= 15 is 0 Å². The van der Waals surface area contributed by atoms with Gasteiger partial charge in [0.25, 0.3) is 0 Å². The maximum Gasteiger partial charge on any atom is 0.335 e. The van der Waals surface area contributed by atoms with Gasteiger partial charge in [-0.25, -0.2) is 4.79 Å². The SMILES string of the molecule is COC(=O)C1=C(Br)C2C=CC1C2. The van der Waals surface area contributed by atoms with Crippen LogP contribution in [-0.4, -0.2) is 13.1 Å². The molecule has 0 aromatic heterocycles. The third-order valence-corrected chi connectivity index (χ3v) is 3.46. The Bertz CT molecular complexity index is 291. The van der Waals surface area contributed by atoms with E-state index in [2.05, 4.69) is 28.1 Å². The van der Waals surface area contributed by atoms with E-state index in [9.17, 15) is 4.79 Å². The highest BCUT2D eigenvalue weighted by Crippen LogP contribution is 2.46. The van der Waals surface area contributed by atoms with Crippen LogP contribution in [0.3, 0.4) is 0 Å². The van der Waals surface area contributed by atoms with Gasteiger partial charge < -0.3 is 4.74 Å². The van der Waals surface area contributed by atoms with Crippen molar-refractivity contribution in [2.24, 2.45) is 11.8 Å². The molecular formula is C9H9BrO2. The topological polar surface area (TPSA) is 26.3 Å². The summed E-state index contributed by atoms with van der Waals surface area (Å²) in [6.45, 7) is 0. The van der Waals surface area contributed by atoms with Crippen LogP contribution in [0.15, 0.2) is 22.2 Å². The van der Waals surface area contributed by atoms with Crippen molar-refractivity contribution in [2.75, 3.05) is 7.11 Å². The molecule has 64 valence electrons. The van der Waals surface area contributed by atoms with Crippen molar-refractivity contribution in [2.45, 2.75) is 6.42 Å². The number of ether oxygens (including phenoxy) is 1. The normalized spacial score (nSPS) is 31.5. The van der Waals surface area contributed by atoms with Crippen LogP contribution in [0.5, 0.6) is 0 Å². The lowest BCUT2D eigenvalue weighted by atomic mass is 10.0. The van der Waals surface area contributed by atoms with Crippen molar-refractivity contribution in [1.29, 1.82) is 0 Å². The Morgan fingerprint density at radius 3 is 2.75 bits per heavy atom. The Labute approximate surface area is 79.4 Å². The third kappa shape index (κ3) is 0.959. The molecule has 0 heterocycles. The molecule has 2 unspecified atom stereocenters. The summed E-state index contributed by atoms with van der Waals surface area (Å²) in [5.74, 6) is 0.514. The number of fused-ring (bicyclic) bond motifs is 2. The molecule has 12 heavy (non-hydrogen) atoms. The molecule has 0 saturated carbocycles. The summed E-state index contributed by atoms with van der Waals surface area (Å²) >= 11 is 3.43. The second-order valence-corrected chi connectivity index (χ2v) is 3.94. The number of rotatable bonds is 1. The molecule has 0 aromatic carbocycles. The van der Waals surface area contributed by atoms with Gasteiger partial charge >= 0.3 is 5.97 Å². The molecule has 0 spiro atoms. The van der Waals surface area contributed by atoms with E-state index in [0.29, 0.717) is 5.92 Å². The van der Waals surface area contributed by atoms with Crippen LogP contribution in [0.2, 0.25) is 0 Å². The highest BCUT2D eigenvalue weighted by molar-refractivity contribution is 9.11. The first-order chi connectivity index (χ1) is 5.74. The molecule has 0 N–H and O–H groups in total. The second kappa shape index (κ2) is 2.73. The average molecular weight is 229 g/mol. The van der Waals surface area contributed by atoms with E-state index in [-0.39, 0.29) is 11.9 Å². The molecule has 0 fully saturated rings. The van der Waals surface area contributed by atoms with Crippen LogP contribution in [0.25, 0.3) is 0 Å². The Balaban J connectivity index is 2.32. The number of carbonyl (C=O) groups is 1. The van der Waals surface area contributed by atoms with Gasteiger partial charge in [-0.15, -0.1) is 0 Å². The van der Waals surface area contributed by atoms with Gasteiger partial charge in [0.05, 0.1) is 12.7 Å². The van der Waals surface area contributed by atoms with E-state index in [1.807, 2.05) is 0 Å². The molecular weight excluding hydrogens is 220 g/mol. The van der Waals surface area contributed by atoms with Crippen molar-refractivity contribution in [1.82, 2.24) is 0 Å². The highest BCUT2D eigenvalue weighted by atomic mass is 79.9. The third-order valence-electron chi connectivity index (χ3n) is 2.44. The van der Waals surface area contributed by atoms with Crippen LogP contribution in [0.1, 0.15) is 6.42 Å². The summed E-state index contributed by atoms with van der Waals surface area (Å²) in [6.07, 6.45) is 5.26. The van der Waals surface area contributed by atoms with Gasteiger partial charge in [-0.1, -0.05) is 28.1 Å². The summed E-state index contributed by atoms with van der Waals surface area (Å²) < 4.78 is 5.71. The number of carbonyl (C=O) groups excluding carboxylic acids is 1. The largest absolute Gasteiger partial charge is 0.466 e. The number of methoxy groups -OCH3 is 1. The van der Waals surface area contributed by atoms with Gasteiger partial charge in [0.2, 0.25) is 0 Å². The molecule has 0 aromatic rings. The Kier molecular flexibility index (Phi) is 1.83. The van der Waals surface area contributed by atoms with E-state index in [0.717, 1.165) is 16.5 Å². The van der Waals surface area contributed by atoms with E-state index in [4.69, 9.17) is 4.74 Å². The molecule has 0 aliphatic heterocycles. The lowest BCUT2D eigenvalue weighted by molar-refractivity contribution is -0.136. The minimum atomic E-state index is -0.196. The van der Waals surface area contributed by atoms with Crippen molar-refractivity contribution < 1.29 is 9.53 Å². The van der Waals surface area contributed by atoms with Crippen LogP contribution < -0.4 is 0 Å². The highest BCUT2D eigenvalue weighted by Gasteiger charge is 2.37. The zero-order valence-electron chi connectivity index (χ0n) is 6.71. The second-order valence-electron chi connectivity index (χ2n) is 3.09. The summed E-state index contributed by atoms with van der Waals surface area (Å²) in [5, 5.41) is 0. The smallest absolute Gasteiger partial charge is 0.335 e. The van der Waals surface area contributed by atoms with Gasteiger partial charge in [-0.3, -0.25) is 0 Å². The van der Waals surface area contributed by atoms with E-state index in [1.54, 1.807) is 0 Å². The van der Waals surface area contributed by atoms with Gasteiger partial charge in [0, 0.05) is 16.3 Å².